The van der Waals surface area contributed by atoms with Crippen molar-refractivity contribution in [1.82, 2.24) is 14.0 Å². The lowest BCUT2D eigenvalue weighted by molar-refractivity contribution is 0.253. The van der Waals surface area contributed by atoms with Gasteiger partial charge in [-0.1, -0.05) is 60.7 Å². The summed E-state index contributed by atoms with van der Waals surface area (Å²) in [6, 6.07) is 21.9. The minimum atomic E-state index is -0.267. The fraction of sp³-hybridized carbons (Fsp3) is 0. The van der Waals surface area contributed by atoms with Gasteiger partial charge in [-0.2, -0.15) is 4.98 Å². The Balaban J connectivity index is 1.45. The predicted octanol–water partition coefficient (Wildman–Crippen LogP) is 5.78. The number of hydrogen-bond donors (Lipinski definition) is 1. The first-order valence-corrected chi connectivity index (χ1v) is 9.59. The van der Waals surface area contributed by atoms with Crippen molar-refractivity contribution in [3.8, 4) is 11.3 Å². The maximum Gasteiger partial charge on any atom is 0.331 e. The molecule has 3 aromatic carbocycles. The van der Waals surface area contributed by atoms with E-state index in [1.165, 1.54) is 0 Å². The number of nitrogens with zero attached hydrogens (tertiary/aromatic N) is 3. The third-order valence-electron chi connectivity index (χ3n) is 5.30. The first-order chi connectivity index (χ1) is 14.8. The molecular weight excluding hydrogens is 376 g/mol. The number of fused-ring (bicyclic) bond motifs is 3. The van der Waals surface area contributed by atoms with Gasteiger partial charge in [0.1, 0.15) is 17.8 Å². The van der Waals surface area contributed by atoms with E-state index in [1.807, 2.05) is 54.9 Å². The predicted molar refractivity (Wildman–Crippen MR) is 117 cm³/mol. The van der Waals surface area contributed by atoms with E-state index < -0.39 is 0 Å². The Morgan fingerprint density at radius 2 is 1.57 bits per heavy atom. The Labute approximate surface area is 171 Å². The summed E-state index contributed by atoms with van der Waals surface area (Å²) in [5, 5.41) is 7.27. The summed E-state index contributed by atoms with van der Waals surface area (Å²) >= 11 is 0. The van der Waals surface area contributed by atoms with E-state index in [9.17, 15) is 4.79 Å². The Bertz CT molecular complexity index is 1520. The van der Waals surface area contributed by atoms with Gasteiger partial charge in [0.2, 0.25) is 0 Å². The number of hydrogen-bond acceptors (Lipinski definition) is 3. The molecule has 6 aromatic rings. The molecular formula is C24H16N4O2. The topological polar surface area (TPSA) is 64.5 Å². The quantitative estimate of drug-likeness (QED) is 0.406. The van der Waals surface area contributed by atoms with Crippen LogP contribution >= 0.6 is 0 Å². The molecule has 1 N–H and O–H groups in total. The zero-order valence-electron chi connectivity index (χ0n) is 15.8. The molecule has 6 heteroatoms. The van der Waals surface area contributed by atoms with E-state index in [4.69, 9.17) is 4.42 Å². The van der Waals surface area contributed by atoms with Crippen molar-refractivity contribution in [1.29, 1.82) is 0 Å². The molecule has 0 aliphatic rings. The van der Waals surface area contributed by atoms with Gasteiger partial charge in [0.15, 0.2) is 0 Å². The Morgan fingerprint density at radius 1 is 0.867 bits per heavy atom. The maximum absolute atomic E-state index is 13.0. The lowest BCUT2D eigenvalue weighted by atomic mass is 10.1. The van der Waals surface area contributed by atoms with Crippen LogP contribution in [-0.2, 0) is 0 Å². The molecule has 0 bridgehead atoms. The Kier molecular flexibility index (Phi) is 3.52. The molecule has 0 aliphatic heterocycles. The molecule has 0 saturated carbocycles. The summed E-state index contributed by atoms with van der Waals surface area (Å²) in [7, 11) is 0. The van der Waals surface area contributed by atoms with Crippen LogP contribution in [0.3, 0.4) is 0 Å². The van der Waals surface area contributed by atoms with E-state index in [-0.39, 0.29) is 6.03 Å². The Hall–Kier alpha value is -4.32. The minimum absolute atomic E-state index is 0.267. The van der Waals surface area contributed by atoms with Crippen LogP contribution in [0.1, 0.15) is 0 Å². The average molecular weight is 392 g/mol. The summed E-state index contributed by atoms with van der Waals surface area (Å²) in [6.45, 7) is 0. The number of carbonyl (C=O) groups excluding carboxylic acids is 1. The molecule has 0 aliphatic carbocycles. The van der Waals surface area contributed by atoms with Crippen molar-refractivity contribution in [3.63, 3.8) is 0 Å². The molecule has 0 fully saturated rings. The molecule has 0 radical (unpaired) electrons. The number of carbonyl (C=O) groups is 1. The lowest BCUT2D eigenvalue weighted by Gasteiger charge is -2.08. The number of rotatable bonds is 2. The van der Waals surface area contributed by atoms with E-state index in [1.54, 1.807) is 21.4 Å². The number of nitrogens with one attached hydrogen (secondary N) is 1. The van der Waals surface area contributed by atoms with Gasteiger partial charge in [-0.25, -0.2) is 4.79 Å². The zero-order chi connectivity index (χ0) is 20.1. The van der Waals surface area contributed by atoms with Crippen molar-refractivity contribution in [3.05, 3.63) is 91.6 Å². The lowest BCUT2D eigenvalue weighted by Crippen LogP contribution is -2.19. The summed E-state index contributed by atoms with van der Waals surface area (Å²) in [5.74, 6) is 0.989. The molecule has 1 amide bonds. The third-order valence-corrected chi connectivity index (χ3v) is 5.30. The number of benzene rings is 3. The van der Waals surface area contributed by atoms with Gasteiger partial charge in [0.05, 0.1) is 6.20 Å². The van der Waals surface area contributed by atoms with Crippen LogP contribution in [-0.4, -0.2) is 20.0 Å². The molecule has 144 valence electrons. The number of oxazole rings is 1. The van der Waals surface area contributed by atoms with Crippen LogP contribution in [0, 0.1) is 0 Å². The average Bonchev–Trinajstić information content (AvgIpc) is 3.49. The highest BCUT2D eigenvalue weighted by Gasteiger charge is 2.19. The first-order valence-electron chi connectivity index (χ1n) is 9.59. The summed E-state index contributed by atoms with van der Waals surface area (Å²) in [4.78, 5) is 17.6. The largest absolute Gasteiger partial charge is 0.432 e. The van der Waals surface area contributed by atoms with Gasteiger partial charge >= 0.3 is 11.9 Å². The van der Waals surface area contributed by atoms with Crippen LogP contribution in [0.2, 0.25) is 0 Å². The molecule has 3 aromatic heterocycles. The second kappa shape index (κ2) is 6.35. The second-order valence-corrected chi connectivity index (χ2v) is 7.15. The molecule has 3 heterocycles. The fourth-order valence-electron chi connectivity index (χ4n) is 3.81. The highest BCUT2D eigenvalue weighted by Crippen LogP contribution is 2.31. The Morgan fingerprint density at radius 3 is 2.33 bits per heavy atom. The van der Waals surface area contributed by atoms with Gasteiger partial charge in [-0.15, -0.1) is 0 Å². The number of anilines is 1. The smallest absolute Gasteiger partial charge is 0.331 e. The van der Waals surface area contributed by atoms with E-state index in [0.717, 1.165) is 27.1 Å². The summed E-state index contributed by atoms with van der Waals surface area (Å²) in [6.07, 6.45) is 6.92. The van der Waals surface area contributed by atoms with Gasteiger partial charge < -0.3 is 4.42 Å². The normalized spacial score (nSPS) is 11.5. The van der Waals surface area contributed by atoms with E-state index >= 15 is 0 Å². The molecule has 6 rings (SSSR count). The van der Waals surface area contributed by atoms with Gasteiger partial charge in [0, 0.05) is 18.0 Å². The summed E-state index contributed by atoms with van der Waals surface area (Å²) < 4.78 is 8.77. The van der Waals surface area contributed by atoms with Crippen molar-refractivity contribution >= 4 is 39.2 Å². The first kappa shape index (κ1) is 16.6. The molecule has 6 nitrogen and oxygen atoms in total. The minimum Gasteiger partial charge on any atom is -0.432 e. The molecule has 30 heavy (non-hydrogen) atoms. The van der Waals surface area contributed by atoms with E-state index in [0.29, 0.717) is 17.4 Å². The second-order valence-electron chi connectivity index (χ2n) is 7.15. The SMILES string of the molecule is O=C(Nc1c(-c2ccc3ccccc3c2)nc2occn12)n1cc2ccccc2c1. The summed E-state index contributed by atoms with van der Waals surface area (Å²) in [5.41, 5.74) is 1.56. The maximum atomic E-state index is 13.0. The van der Waals surface area contributed by atoms with Gasteiger partial charge in [0.25, 0.3) is 0 Å². The zero-order valence-corrected chi connectivity index (χ0v) is 15.8. The van der Waals surface area contributed by atoms with Crippen LogP contribution < -0.4 is 5.32 Å². The van der Waals surface area contributed by atoms with Crippen LogP contribution in [0.4, 0.5) is 10.6 Å². The van der Waals surface area contributed by atoms with Crippen molar-refractivity contribution in [2.24, 2.45) is 0 Å². The van der Waals surface area contributed by atoms with Crippen molar-refractivity contribution in [2.75, 3.05) is 5.32 Å². The molecule has 0 unspecified atom stereocenters. The van der Waals surface area contributed by atoms with Crippen LogP contribution in [0.5, 0.6) is 0 Å². The molecule has 0 spiro atoms. The number of amides is 1. The van der Waals surface area contributed by atoms with Crippen molar-refractivity contribution < 1.29 is 9.21 Å². The van der Waals surface area contributed by atoms with Crippen LogP contribution in [0.25, 0.3) is 38.6 Å². The standard InChI is InChI=1S/C24H16N4O2/c29-23(27-14-19-7-3-4-8-20(19)15-27)26-22-21(25-24-28(22)11-12-30-24)18-10-9-16-5-1-2-6-17(16)13-18/h1-15H,(H,26,29). The fourth-order valence-corrected chi connectivity index (χ4v) is 3.81. The highest BCUT2D eigenvalue weighted by molar-refractivity contribution is 5.98. The molecule has 0 saturated heterocycles. The number of aromatic nitrogens is 3. The van der Waals surface area contributed by atoms with E-state index in [2.05, 4.69) is 34.6 Å². The van der Waals surface area contributed by atoms with Crippen LogP contribution in [0.15, 0.2) is 96.0 Å². The van der Waals surface area contributed by atoms with Gasteiger partial charge in [-0.05, 0) is 27.6 Å². The number of imidazole rings is 1. The highest BCUT2D eigenvalue weighted by atomic mass is 16.3. The van der Waals surface area contributed by atoms with Crippen molar-refractivity contribution in [2.45, 2.75) is 0 Å². The van der Waals surface area contributed by atoms with Gasteiger partial charge in [-0.3, -0.25) is 14.3 Å². The molecule has 0 atom stereocenters. The monoisotopic (exact) mass is 392 g/mol. The third kappa shape index (κ3) is 2.58.